The Hall–Kier alpha value is -3.98. The van der Waals surface area contributed by atoms with E-state index in [0.717, 1.165) is 5.56 Å². The van der Waals surface area contributed by atoms with E-state index in [1.165, 1.54) is 12.3 Å². The van der Waals surface area contributed by atoms with E-state index in [4.69, 9.17) is 0 Å². The fraction of sp³-hybridized carbons (Fsp3) is 0.0870. The molecular weight excluding hydrogens is 426 g/mol. The fourth-order valence-electron chi connectivity index (χ4n) is 3.16. The number of sulfonamides is 1. The summed E-state index contributed by atoms with van der Waals surface area (Å²) in [4.78, 5) is 21.0. The van der Waals surface area contributed by atoms with Gasteiger partial charge in [-0.3, -0.25) is 14.1 Å². The number of aromatic nitrogens is 3. The van der Waals surface area contributed by atoms with Gasteiger partial charge in [-0.25, -0.2) is 18.4 Å². The molecule has 0 saturated carbocycles. The van der Waals surface area contributed by atoms with E-state index in [2.05, 4.69) is 20.0 Å². The molecule has 162 valence electrons. The first-order valence-electron chi connectivity index (χ1n) is 9.78. The molecule has 8 nitrogen and oxygen atoms in total. The zero-order chi connectivity index (χ0) is 22.7. The molecule has 2 N–H and O–H groups in total. The molecule has 4 rings (SSSR count). The van der Waals surface area contributed by atoms with E-state index >= 15 is 0 Å². The maximum atomic E-state index is 13.0. The smallest absolute Gasteiger partial charge is 0.262 e. The summed E-state index contributed by atoms with van der Waals surface area (Å²) in [6.07, 6.45) is 6.46. The average Bonchev–Trinajstić information content (AvgIpc) is 3.30. The summed E-state index contributed by atoms with van der Waals surface area (Å²) < 4.78 is 30.2. The lowest BCUT2D eigenvalue weighted by Crippen LogP contribution is -2.16. The molecule has 0 fully saturated rings. The maximum Gasteiger partial charge on any atom is 0.262 e. The minimum absolute atomic E-state index is 0.0883. The Labute approximate surface area is 186 Å². The molecule has 2 aromatic carbocycles. The first kappa shape index (κ1) is 21.3. The van der Waals surface area contributed by atoms with Crippen molar-refractivity contribution in [2.45, 2.75) is 18.7 Å². The SMILES string of the molecule is Cc1cccc(NS(=O)(=O)c2cc(NC(=O)c3ccc(-n4ccnc4)nc3)ccc2C)c1. The summed E-state index contributed by atoms with van der Waals surface area (Å²) in [7, 11) is -3.84. The molecule has 0 aliphatic rings. The molecule has 9 heteroatoms. The zero-order valence-electron chi connectivity index (χ0n) is 17.5. The highest BCUT2D eigenvalue weighted by atomic mass is 32.2. The number of aryl methyl sites for hydroxylation is 2. The Balaban J connectivity index is 1.54. The number of carbonyl (C=O) groups excluding carboxylic acids is 1. The van der Waals surface area contributed by atoms with Crippen LogP contribution in [0.15, 0.2) is 84.4 Å². The van der Waals surface area contributed by atoms with Crippen molar-refractivity contribution in [2.24, 2.45) is 0 Å². The van der Waals surface area contributed by atoms with E-state index < -0.39 is 15.9 Å². The van der Waals surface area contributed by atoms with Gasteiger partial charge in [-0.15, -0.1) is 0 Å². The molecule has 0 atom stereocenters. The highest BCUT2D eigenvalue weighted by Gasteiger charge is 2.18. The number of benzene rings is 2. The predicted molar refractivity (Wildman–Crippen MR) is 122 cm³/mol. The van der Waals surface area contributed by atoms with Crippen molar-refractivity contribution in [3.05, 3.63) is 96.2 Å². The van der Waals surface area contributed by atoms with Gasteiger partial charge < -0.3 is 5.32 Å². The monoisotopic (exact) mass is 447 g/mol. The minimum atomic E-state index is -3.84. The molecule has 0 radical (unpaired) electrons. The van der Waals surface area contributed by atoms with Crippen LogP contribution in [0.2, 0.25) is 0 Å². The third-order valence-electron chi connectivity index (χ3n) is 4.78. The number of hydrogen-bond acceptors (Lipinski definition) is 5. The molecule has 4 aromatic rings. The van der Waals surface area contributed by atoms with E-state index in [1.807, 2.05) is 13.0 Å². The summed E-state index contributed by atoms with van der Waals surface area (Å²) in [6.45, 7) is 3.59. The lowest BCUT2D eigenvalue weighted by molar-refractivity contribution is 0.102. The number of anilines is 2. The summed E-state index contributed by atoms with van der Waals surface area (Å²) in [5.41, 5.74) is 2.69. The van der Waals surface area contributed by atoms with Crippen LogP contribution < -0.4 is 10.0 Å². The molecule has 0 unspecified atom stereocenters. The van der Waals surface area contributed by atoms with Crippen molar-refractivity contribution >= 4 is 27.3 Å². The lowest BCUT2D eigenvalue weighted by atomic mass is 10.2. The number of nitrogens with one attached hydrogen (secondary N) is 2. The van der Waals surface area contributed by atoms with Crippen LogP contribution in [0.5, 0.6) is 0 Å². The molecule has 1 amide bonds. The van der Waals surface area contributed by atoms with Crippen molar-refractivity contribution in [3.63, 3.8) is 0 Å². The highest BCUT2D eigenvalue weighted by Crippen LogP contribution is 2.24. The Kier molecular flexibility index (Phi) is 5.74. The van der Waals surface area contributed by atoms with Crippen LogP contribution in [0, 0.1) is 13.8 Å². The quantitative estimate of drug-likeness (QED) is 0.466. The van der Waals surface area contributed by atoms with E-state index in [1.54, 1.807) is 72.7 Å². The molecule has 0 aliphatic carbocycles. The van der Waals surface area contributed by atoms with Gasteiger partial charge in [-0.1, -0.05) is 18.2 Å². The molecule has 2 heterocycles. The number of nitrogens with zero attached hydrogens (tertiary/aromatic N) is 3. The largest absolute Gasteiger partial charge is 0.322 e. The van der Waals surface area contributed by atoms with Gasteiger partial charge in [0.15, 0.2) is 0 Å². The molecule has 0 aliphatic heterocycles. The first-order chi connectivity index (χ1) is 15.3. The van der Waals surface area contributed by atoms with Crippen LogP contribution in [-0.4, -0.2) is 28.9 Å². The number of pyridine rings is 1. The van der Waals surface area contributed by atoms with Crippen LogP contribution in [0.1, 0.15) is 21.5 Å². The van der Waals surface area contributed by atoms with Crippen LogP contribution >= 0.6 is 0 Å². The lowest BCUT2D eigenvalue weighted by Gasteiger charge is -2.13. The molecule has 0 saturated heterocycles. The second kappa shape index (κ2) is 8.64. The third kappa shape index (κ3) is 4.68. The van der Waals surface area contributed by atoms with E-state index in [-0.39, 0.29) is 4.90 Å². The number of amides is 1. The van der Waals surface area contributed by atoms with E-state index in [0.29, 0.717) is 28.3 Å². The standard InChI is InChI=1S/C23H21N5O3S/c1-16-4-3-5-20(12-16)27-32(30,31)21-13-19(8-6-17(21)2)26-23(29)18-7-9-22(25-14-18)28-11-10-24-15-28/h3-15,27H,1-2H3,(H,26,29). The van der Waals surface area contributed by atoms with Crippen LogP contribution in [-0.2, 0) is 10.0 Å². The zero-order valence-corrected chi connectivity index (χ0v) is 18.3. The van der Waals surface area contributed by atoms with E-state index in [9.17, 15) is 13.2 Å². The maximum absolute atomic E-state index is 13.0. The second-order valence-corrected chi connectivity index (χ2v) is 8.94. The second-order valence-electron chi connectivity index (χ2n) is 7.28. The van der Waals surface area contributed by atoms with Crippen LogP contribution in [0.25, 0.3) is 5.82 Å². The van der Waals surface area contributed by atoms with Crippen molar-refractivity contribution in [3.8, 4) is 5.82 Å². The van der Waals surface area contributed by atoms with Gasteiger partial charge in [0, 0.05) is 30.0 Å². The van der Waals surface area contributed by atoms with Crippen molar-refractivity contribution in [1.82, 2.24) is 14.5 Å². The van der Waals surface area contributed by atoms with Gasteiger partial charge in [0.25, 0.3) is 15.9 Å². The Morgan fingerprint density at radius 3 is 2.53 bits per heavy atom. The number of carbonyl (C=O) groups is 1. The Morgan fingerprint density at radius 1 is 1.00 bits per heavy atom. The van der Waals surface area contributed by atoms with Gasteiger partial charge in [0.2, 0.25) is 0 Å². The third-order valence-corrected chi connectivity index (χ3v) is 6.31. The van der Waals surface area contributed by atoms with Gasteiger partial charge >= 0.3 is 0 Å². The summed E-state index contributed by atoms with van der Waals surface area (Å²) in [5, 5.41) is 2.73. The topological polar surface area (TPSA) is 106 Å². The van der Waals surface area contributed by atoms with Crippen LogP contribution in [0.3, 0.4) is 0 Å². The molecule has 32 heavy (non-hydrogen) atoms. The Morgan fingerprint density at radius 2 is 1.84 bits per heavy atom. The summed E-state index contributed by atoms with van der Waals surface area (Å²) >= 11 is 0. The van der Waals surface area contributed by atoms with Crippen molar-refractivity contribution in [2.75, 3.05) is 10.0 Å². The summed E-state index contributed by atoms with van der Waals surface area (Å²) in [6, 6.07) is 15.2. The van der Waals surface area contributed by atoms with Gasteiger partial charge in [0.1, 0.15) is 12.1 Å². The first-order valence-corrected chi connectivity index (χ1v) is 11.3. The van der Waals surface area contributed by atoms with Gasteiger partial charge in [0.05, 0.1) is 10.5 Å². The minimum Gasteiger partial charge on any atom is -0.322 e. The normalized spacial score (nSPS) is 11.2. The number of hydrogen-bond donors (Lipinski definition) is 2. The molecule has 0 spiro atoms. The Bertz CT molecular complexity index is 1370. The van der Waals surface area contributed by atoms with Gasteiger partial charge in [-0.05, 0) is 61.4 Å². The van der Waals surface area contributed by atoms with Gasteiger partial charge in [-0.2, -0.15) is 0 Å². The number of rotatable bonds is 6. The highest BCUT2D eigenvalue weighted by molar-refractivity contribution is 7.92. The molecule has 0 bridgehead atoms. The predicted octanol–water partition coefficient (Wildman–Crippen LogP) is 3.94. The average molecular weight is 448 g/mol. The fourth-order valence-corrected chi connectivity index (χ4v) is 4.48. The molecular formula is C23H21N5O3S. The molecule has 2 aromatic heterocycles. The number of imidazole rings is 1. The summed E-state index contributed by atoms with van der Waals surface area (Å²) in [5.74, 6) is 0.235. The van der Waals surface area contributed by atoms with Crippen LogP contribution in [0.4, 0.5) is 11.4 Å². The van der Waals surface area contributed by atoms with Crippen molar-refractivity contribution < 1.29 is 13.2 Å². The van der Waals surface area contributed by atoms with Crippen molar-refractivity contribution in [1.29, 1.82) is 0 Å².